The van der Waals surface area contributed by atoms with Gasteiger partial charge >= 0.3 is 0 Å². The van der Waals surface area contributed by atoms with Crippen LogP contribution in [-0.2, 0) is 0 Å². The number of aromatic nitrogens is 1. The van der Waals surface area contributed by atoms with Crippen LogP contribution in [0.2, 0.25) is 0 Å². The van der Waals surface area contributed by atoms with E-state index in [0.717, 1.165) is 23.1 Å². The summed E-state index contributed by atoms with van der Waals surface area (Å²) in [5, 5.41) is 3.45. The van der Waals surface area contributed by atoms with E-state index >= 15 is 0 Å². The van der Waals surface area contributed by atoms with E-state index in [1.807, 2.05) is 18.3 Å². The Labute approximate surface area is 133 Å². The van der Waals surface area contributed by atoms with Crippen LogP contribution in [0.25, 0.3) is 0 Å². The fourth-order valence-electron chi connectivity index (χ4n) is 2.03. The third-order valence-corrected chi connectivity index (χ3v) is 4.47. The van der Waals surface area contributed by atoms with Crippen LogP contribution in [0.4, 0.5) is 0 Å². The number of hydrogen-bond acceptors (Lipinski definition) is 3. The van der Waals surface area contributed by atoms with Gasteiger partial charge in [-0.3, -0.25) is 4.98 Å². The van der Waals surface area contributed by atoms with Crippen molar-refractivity contribution in [3.05, 3.63) is 52.8 Å². The van der Waals surface area contributed by atoms with Gasteiger partial charge in [-0.1, -0.05) is 47.6 Å². The summed E-state index contributed by atoms with van der Waals surface area (Å²) in [5.74, 6) is 0. The number of nitrogens with one attached hydrogen (secondary N) is 1. The second-order valence-electron chi connectivity index (χ2n) is 4.50. The number of rotatable bonds is 6. The molecule has 106 valence electrons. The summed E-state index contributed by atoms with van der Waals surface area (Å²) in [7, 11) is 0. The monoisotopic (exact) mass is 350 g/mol. The summed E-state index contributed by atoms with van der Waals surface area (Å²) in [4.78, 5) is 6.97. The normalized spacial score (nSPS) is 12.3. The minimum atomic E-state index is 0.352. The Balaban J connectivity index is 2.08. The second kappa shape index (κ2) is 7.81. The maximum Gasteiger partial charge on any atom is 0.0573 e. The second-order valence-corrected chi connectivity index (χ2v) is 6.56. The Morgan fingerprint density at radius 1 is 1.20 bits per heavy atom. The summed E-state index contributed by atoms with van der Waals surface area (Å²) < 4.78 is 1.10. The molecule has 4 heteroatoms. The smallest absolute Gasteiger partial charge is 0.0573 e. The lowest BCUT2D eigenvalue weighted by Gasteiger charge is -2.15. The van der Waals surface area contributed by atoms with Gasteiger partial charge in [0.05, 0.1) is 5.69 Å². The van der Waals surface area contributed by atoms with Crippen molar-refractivity contribution in [2.45, 2.75) is 36.1 Å². The quantitative estimate of drug-likeness (QED) is 0.788. The lowest BCUT2D eigenvalue weighted by Crippen LogP contribution is -2.20. The maximum absolute atomic E-state index is 4.59. The highest BCUT2D eigenvalue weighted by atomic mass is 79.9. The average Bonchev–Trinajstić information content (AvgIpc) is 2.46. The molecule has 1 heterocycles. The van der Waals surface area contributed by atoms with Gasteiger partial charge in [-0.05, 0) is 43.3 Å². The molecule has 0 amide bonds. The van der Waals surface area contributed by atoms with Crippen LogP contribution in [-0.4, -0.2) is 11.5 Å². The van der Waals surface area contributed by atoms with E-state index in [4.69, 9.17) is 0 Å². The average molecular weight is 351 g/mol. The predicted octanol–water partition coefficient (Wildman–Crippen LogP) is 5.06. The summed E-state index contributed by atoms with van der Waals surface area (Å²) in [6.07, 6.45) is 3.01. The molecule has 2 aromatic rings. The first-order valence-corrected chi connectivity index (χ1v) is 8.46. The summed E-state index contributed by atoms with van der Waals surface area (Å²) >= 11 is 5.23. The Bertz CT molecular complexity index is 542. The minimum Gasteiger partial charge on any atom is -0.309 e. The summed E-state index contributed by atoms with van der Waals surface area (Å²) in [6.45, 7) is 5.27. The van der Waals surface area contributed by atoms with E-state index < -0.39 is 0 Å². The van der Waals surface area contributed by atoms with Crippen LogP contribution < -0.4 is 5.32 Å². The first-order valence-electron chi connectivity index (χ1n) is 6.85. The van der Waals surface area contributed by atoms with Gasteiger partial charge in [0.1, 0.15) is 0 Å². The molecule has 1 aromatic carbocycles. The van der Waals surface area contributed by atoms with Gasteiger partial charge in [-0.25, -0.2) is 0 Å². The number of halogens is 1. The number of benzene rings is 1. The van der Waals surface area contributed by atoms with Crippen LogP contribution in [0.15, 0.2) is 56.9 Å². The van der Waals surface area contributed by atoms with Crippen LogP contribution in [0.5, 0.6) is 0 Å². The van der Waals surface area contributed by atoms with Crippen LogP contribution in [0, 0.1) is 0 Å². The molecule has 1 atom stereocenters. The van der Waals surface area contributed by atoms with Crippen molar-refractivity contribution in [2.75, 3.05) is 6.54 Å². The van der Waals surface area contributed by atoms with E-state index in [-0.39, 0.29) is 0 Å². The summed E-state index contributed by atoms with van der Waals surface area (Å²) in [5.41, 5.74) is 1.12. The Morgan fingerprint density at radius 3 is 2.65 bits per heavy atom. The highest BCUT2D eigenvalue weighted by Gasteiger charge is 2.09. The lowest BCUT2D eigenvalue weighted by atomic mass is 10.1. The molecule has 1 aromatic heterocycles. The van der Waals surface area contributed by atoms with Crippen molar-refractivity contribution < 1.29 is 0 Å². The number of nitrogens with zero attached hydrogens (tertiary/aromatic N) is 1. The van der Waals surface area contributed by atoms with Gasteiger partial charge in [0.15, 0.2) is 0 Å². The van der Waals surface area contributed by atoms with Crippen molar-refractivity contribution in [1.29, 1.82) is 0 Å². The van der Waals surface area contributed by atoms with E-state index in [0.29, 0.717) is 6.04 Å². The maximum atomic E-state index is 4.59. The third-order valence-electron chi connectivity index (χ3n) is 3.01. The van der Waals surface area contributed by atoms with Crippen LogP contribution in [0.3, 0.4) is 0 Å². The van der Waals surface area contributed by atoms with E-state index in [1.54, 1.807) is 11.8 Å². The molecule has 0 saturated carbocycles. The third kappa shape index (κ3) is 4.33. The van der Waals surface area contributed by atoms with Crippen molar-refractivity contribution in [3.8, 4) is 0 Å². The molecule has 0 radical (unpaired) electrons. The number of hydrogen-bond donors (Lipinski definition) is 1. The fraction of sp³-hybridized carbons (Fsp3) is 0.312. The molecule has 1 N–H and O–H groups in total. The zero-order valence-electron chi connectivity index (χ0n) is 11.8. The van der Waals surface area contributed by atoms with Crippen LogP contribution >= 0.6 is 27.7 Å². The standard InChI is InChI=1S/C16H19BrN2S/c1-3-15(18-4-2)16-9-8-14(11-19-16)20-13-7-5-6-12(17)10-13/h5-11,15,18H,3-4H2,1-2H3. The van der Waals surface area contributed by atoms with E-state index in [1.165, 1.54) is 9.79 Å². The predicted molar refractivity (Wildman–Crippen MR) is 89.2 cm³/mol. The Morgan fingerprint density at radius 2 is 2.05 bits per heavy atom. The van der Waals surface area contributed by atoms with Gasteiger partial charge in [-0.2, -0.15) is 0 Å². The number of pyridine rings is 1. The molecular weight excluding hydrogens is 332 g/mol. The van der Waals surface area contributed by atoms with Gasteiger partial charge in [0.25, 0.3) is 0 Å². The summed E-state index contributed by atoms with van der Waals surface area (Å²) in [6, 6.07) is 12.9. The van der Waals surface area contributed by atoms with Gasteiger partial charge in [-0.15, -0.1) is 0 Å². The molecular formula is C16H19BrN2S. The first kappa shape index (κ1) is 15.5. The van der Waals surface area contributed by atoms with Crippen molar-refractivity contribution >= 4 is 27.7 Å². The molecule has 0 saturated heterocycles. The van der Waals surface area contributed by atoms with E-state index in [2.05, 4.69) is 64.3 Å². The Hall–Kier alpha value is -0.840. The fourth-order valence-corrected chi connectivity index (χ4v) is 3.43. The molecule has 0 aliphatic heterocycles. The molecule has 2 nitrogen and oxygen atoms in total. The molecule has 0 aliphatic carbocycles. The van der Waals surface area contributed by atoms with Crippen molar-refractivity contribution in [1.82, 2.24) is 10.3 Å². The van der Waals surface area contributed by atoms with Crippen LogP contribution in [0.1, 0.15) is 32.0 Å². The lowest BCUT2D eigenvalue weighted by molar-refractivity contribution is 0.524. The van der Waals surface area contributed by atoms with E-state index in [9.17, 15) is 0 Å². The first-order chi connectivity index (χ1) is 9.72. The molecule has 20 heavy (non-hydrogen) atoms. The largest absolute Gasteiger partial charge is 0.309 e. The molecule has 1 unspecified atom stereocenters. The van der Waals surface area contributed by atoms with Gasteiger partial charge in [0.2, 0.25) is 0 Å². The topological polar surface area (TPSA) is 24.9 Å². The Kier molecular flexibility index (Phi) is 6.07. The molecule has 0 spiro atoms. The zero-order chi connectivity index (χ0) is 14.4. The molecule has 2 rings (SSSR count). The highest BCUT2D eigenvalue weighted by molar-refractivity contribution is 9.10. The minimum absolute atomic E-state index is 0.352. The highest BCUT2D eigenvalue weighted by Crippen LogP contribution is 2.29. The molecule has 0 bridgehead atoms. The molecule has 0 aliphatic rings. The van der Waals surface area contributed by atoms with Crippen molar-refractivity contribution in [3.63, 3.8) is 0 Å². The van der Waals surface area contributed by atoms with Crippen molar-refractivity contribution in [2.24, 2.45) is 0 Å². The SMILES string of the molecule is CCNC(CC)c1ccc(Sc2cccc(Br)c2)cn1. The molecule has 0 fully saturated rings. The van der Waals surface area contributed by atoms with Gasteiger partial charge < -0.3 is 5.32 Å². The van der Waals surface area contributed by atoms with Gasteiger partial charge in [0, 0.05) is 26.5 Å². The zero-order valence-corrected chi connectivity index (χ0v) is 14.2.